The first-order chi connectivity index (χ1) is 13.3. The number of nitrogens with zero attached hydrogens (tertiary/aromatic N) is 1. The Balaban J connectivity index is 1.75. The van der Waals surface area contributed by atoms with Gasteiger partial charge < -0.3 is 19.1 Å². The molecule has 0 aromatic heterocycles. The minimum atomic E-state index is -0.602. The highest BCUT2D eigenvalue weighted by atomic mass is 35.5. The SMILES string of the molecule is COC(=O)/C=C1/SCC(=O)N1CCCOC(=O)COc1cc(Cl)c(Cl)cc1Cl. The fraction of sp³-hybridized carbons (Fsp3) is 0.353. The van der Waals surface area contributed by atoms with E-state index in [9.17, 15) is 14.4 Å². The highest BCUT2D eigenvalue weighted by Gasteiger charge is 2.27. The number of amides is 1. The summed E-state index contributed by atoms with van der Waals surface area (Å²) in [6, 6.07) is 2.82. The van der Waals surface area contributed by atoms with E-state index in [-0.39, 0.29) is 45.7 Å². The van der Waals surface area contributed by atoms with Crippen LogP contribution in [0, 0.1) is 0 Å². The Morgan fingerprint density at radius 1 is 1.21 bits per heavy atom. The van der Waals surface area contributed by atoms with E-state index in [2.05, 4.69) is 4.74 Å². The summed E-state index contributed by atoms with van der Waals surface area (Å²) in [5.74, 6) is -0.795. The highest BCUT2D eigenvalue weighted by molar-refractivity contribution is 8.04. The Labute approximate surface area is 180 Å². The molecule has 152 valence electrons. The molecule has 1 amide bonds. The molecule has 28 heavy (non-hydrogen) atoms. The number of esters is 2. The smallest absolute Gasteiger partial charge is 0.344 e. The molecule has 1 aliphatic rings. The summed E-state index contributed by atoms with van der Waals surface area (Å²) in [7, 11) is 1.26. The van der Waals surface area contributed by atoms with Crippen LogP contribution in [0.5, 0.6) is 5.75 Å². The maximum Gasteiger partial charge on any atom is 0.344 e. The number of carbonyl (C=O) groups is 3. The number of hydrogen-bond donors (Lipinski definition) is 0. The van der Waals surface area contributed by atoms with Crippen molar-refractivity contribution >= 4 is 64.4 Å². The maximum absolute atomic E-state index is 11.9. The van der Waals surface area contributed by atoms with Crippen LogP contribution in [-0.4, -0.2) is 55.4 Å². The van der Waals surface area contributed by atoms with E-state index in [0.29, 0.717) is 18.0 Å². The zero-order chi connectivity index (χ0) is 20.7. The molecule has 2 rings (SSSR count). The van der Waals surface area contributed by atoms with Gasteiger partial charge in [-0.2, -0.15) is 0 Å². The number of thioether (sulfide) groups is 1. The molecule has 7 nitrogen and oxygen atoms in total. The Morgan fingerprint density at radius 2 is 1.93 bits per heavy atom. The number of rotatable bonds is 8. The Kier molecular flexibility index (Phi) is 8.75. The zero-order valence-corrected chi connectivity index (χ0v) is 17.8. The van der Waals surface area contributed by atoms with Crippen LogP contribution in [0.3, 0.4) is 0 Å². The summed E-state index contributed by atoms with van der Waals surface area (Å²) < 4.78 is 14.9. The van der Waals surface area contributed by atoms with Crippen LogP contribution in [-0.2, 0) is 23.9 Å². The van der Waals surface area contributed by atoms with Crippen molar-refractivity contribution in [1.82, 2.24) is 4.90 Å². The average molecular weight is 469 g/mol. The number of hydrogen-bond acceptors (Lipinski definition) is 7. The first-order valence-corrected chi connectivity index (χ1v) is 10.1. The van der Waals surface area contributed by atoms with Crippen LogP contribution in [0.25, 0.3) is 0 Å². The van der Waals surface area contributed by atoms with Gasteiger partial charge in [0, 0.05) is 12.6 Å². The molecule has 1 heterocycles. The topological polar surface area (TPSA) is 82.1 Å². The average Bonchev–Trinajstić information content (AvgIpc) is 3.00. The van der Waals surface area contributed by atoms with Crippen LogP contribution in [0.2, 0.25) is 15.1 Å². The molecule has 0 radical (unpaired) electrons. The van der Waals surface area contributed by atoms with Crippen molar-refractivity contribution in [1.29, 1.82) is 0 Å². The predicted octanol–water partition coefficient (Wildman–Crippen LogP) is 3.55. The molecule has 0 atom stereocenters. The lowest BCUT2D eigenvalue weighted by Crippen LogP contribution is -2.27. The number of benzene rings is 1. The van der Waals surface area contributed by atoms with Crippen LogP contribution >= 0.6 is 46.6 Å². The fourth-order valence-electron chi connectivity index (χ4n) is 2.13. The van der Waals surface area contributed by atoms with Crippen molar-refractivity contribution in [3.63, 3.8) is 0 Å². The summed E-state index contributed by atoms with van der Waals surface area (Å²) in [6.45, 7) is 0.0301. The van der Waals surface area contributed by atoms with Gasteiger partial charge in [0.2, 0.25) is 5.91 Å². The third kappa shape index (κ3) is 6.48. The summed E-state index contributed by atoms with van der Waals surface area (Å²) >= 11 is 18.9. The zero-order valence-electron chi connectivity index (χ0n) is 14.7. The van der Waals surface area contributed by atoms with Gasteiger partial charge in [0.1, 0.15) is 5.75 Å². The molecule has 1 aromatic carbocycles. The summed E-state index contributed by atoms with van der Waals surface area (Å²) in [5.41, 5.74) is 0. The molecule has 0 unspecified atom stereocenters. The van der Waals surface area contributed by atoms with E-state index in [4.69, 9.17) is 44.3 Å². The second-order valence-electron chi connectivity index (χ2n) is 5.40. The lowest BCUT2D eigenvalue weighted by Gasteiger charge is -2.16. The monoisotopic (exact) mass is 467 g/mol. The van der Waals surface area contributed by atoms with E-state index in [1.54, 1.807) is 0 Å². The van der Waals surface area contributed by atoms with Gasteiger partial charge in [-0.3, -0.25) is 4.79 Å². The molecule has 11 heteroatoms. The van der Waals surface area contributed by atoms with Gasteiger partial charge in [-0.1, -0.05) is 46.6 Å². The van der Waals surface area contributed by atoms with E-state index < -0.39 is 11.9 Å². The van der Waals surface area contributed by atoms with Gasteiger partial charge in [-0.05, 0) is 12.5 Å². The lowest BCUT2D eigenvalue weighted by molar-refractivity contribution is -0.146. The molecule has 0 aliphatic carbocycles. The van der Waals surface area contributed by atoms with Gasteiger partial charge >= 0.3 is 11.9 Å². The Morgan fingerprint density at radius 3 is 2.64 bits per heavy atom. The summed E-state index contributed by atoms with van der Waals surface area (Å²) in [5, 5.41) is 1.26. The molecular formula is C17H16Cl3NO6S. The molecule has 0 spiro atoms. The lowest BCUT2D eigenvalue weighted by atomic mass is 10.3. The number of carbonyl (C=O) groups excluding carboxylic acids is 3. The van der Waals surface area contributed by atoms with Gasteiger partial charge in [0.15, 0.2) is 6.61 Å². The maximum atomic E-state index is 11.9. The van der Waals surface area contributed by atoms with E-state index in [1.165, 1.54) is 42.0 Å². The third-order valence-electron chi connectivity index (χ3n) is 3.46. The molecule has 0 N–H and O–H groups in total. The van der Waals surface area contributed by atoms with Crippen LogP contribution in [0.15, 0.2) is 23.2 Å². The fourth-order valence-corrected chi connectivity index (χ4v) is 3.68. The molecule has 1 saturated heterocycles. The minimum absolute atomic E-state index is 0.0806. The molecule has 1 fully saturated rings. The largest absolute Gasteiger partial charge is 0.480 e. The van der Waals surface area contributed by atoms with Gasteiger partial charge in [0.25, 0.3) is 0 Å². The number of ether oxygens (including phenoxy) is 3. The summed E-state index contributed by atoms with van der Waals surface area (Å²) in [4.78, 5) is 36.5. The van der Waals surface area contributed by atoms with Crippen molar-refractivity contribution in [2.24, 2.45) is 0 Å². The summed E-state index contributed by atoms with van der Waals surface area (Å²) in [6.07, 6.45) is 1.65. The van der Waals surface area contributed by atoms with Gasteiger partial charge in [-0.15, -0.1) is 0 Å². The number of halogens is 3. The van der Waals surface area contributed by atoms with Crippen LogP contribution in [0.1, 0.15) is 6.42 Å². The van der Waals surface area contributed by atoms with E-state index >= 15 is 0 Å². The normalized spacial score (nSPS) is 15.1. The van der Waals surface area contributed by atoms with Gasteiger partial charge in [0.05, 0.1) is 45.6 Å². The van der Waals surface area contributed by atoms with Crippen LogP contribution in [0.4, 0.5) is 0 Å². The third-order valence-corrected chi connectivity index (χ3v) is 5.51. The highest BCUT2D eigenvalue weighted by Crippen LogP contribution is 2.33. The Hall–Kier alpha value is -1.61. The van der Waals surface area contributed by atoms with Gasteiger partial charge in [-0.25, -0.2) is 9.59 Å². The minimum Gasteiger partial charge on any atom is -0.480 e. The van der Waals surface area contributed by atoms with Crippen LogP contribution < -0.4 is 4.74 Å². The van der Waals surface area contributed by atoms with Crippen molar-refractivity contribution < 1.29 is 28.6 Å². The molecule has 0 saturated carbocycles. The second-order valence-corrected chi connectivity index (χ2v) is 7.62. The molecule has 1 aliphatic heterocycles. The number of methoxy groups -OCH3 is 1. The molecule has 0 bridgehead atoms. The van der Waals surface area contributed by atoms with Crippen molar-refractivity contribution in [3.8, 4) is 5.75 Å². The standard InChI is InChI=1S/C17H16Cl3NO6S/c1-25-16(23)7-15-21(14(22)9-28-15)3-2-4-26-17(24)8-27-13-6-11(19)10(18)5-12(13)20/h5-7H,2-4,8-9H2,1H3/b15-7+. The van der Waals surface area contributed by atoms with Crippen molar-refractivity contribution in [2.75, 3.05) is 32.6 Å². The van der Waals surface area contributed by atoms with E-state index in [1.807, 2.05) is 0 Å². The first-order valence-electron chi connectivity index (χ1n) is 7.97. The van der Waals surface area contributed by atoms with Crippen molar-refractivity contribution in [2.45, 2.75) is 6.42 Å². The first kappa shape index (κ1) is 22.7. The van der Waals surface area contributed by atoms with Crippen molar-refractivity contribution in [3.05, 3.63) is 38.3 Å². The predicted molar refractivity (Wildman–Crippen MR) is 107 cm³/mol. The second kappa shape index (κ2) is 10.8. The quantitative estimate of drug-likeness (QED) is 0.250. The molecule has 1 aromatic rings. The molecular weight excluding hydrogens is 453 g/mol. The van der Waals surface area contributed by atoms with E-state index in [0.717, 1.165) is 0 Å². The Bertz CT molecular complexity index is 801.